The third kappa shape index (κ3) is 3.45. The number of carbonyl (C=O) groups excluding carboxylic acids is 1. The quantitative estimate of drug-likeness (QED) is 0.642. The van der Waals surface area contributed by atoms with Crippen molar-refractivity contribution in [3.8, 4) is 0 Å². The maximum atomic E-state index is 12.6. The molecule has 8 heteroatoms. The van der Waals surface area contributed by atoms with Gasteiger partial charge < -0.3 is 21.5 Å². The number of carbonyl (C=O) groups is 1. The van der Waals surface area contributed by atoms with Crippen LogP contribution < -0.4 is 11.5 Å². The molecule has 0 bridgehead atoms. The minimum absolute atomic E-state index is 0.0596. The molecule has 0 spiro atoms. The fraction of sp³-hybridized carbons (Fsp3) is 0.462. The van der Waals surface area contributed by atoms with E-state index in [1.54, 1.807) is 6.07 Å². The summed E-state index contributed by atoms with van der Waals surface area (Å²) in [5.74, 6) is -0.402. The van der Waals surface area contributed by atoms with Crippen molar-refractivity contribution in [2.75, 3.05) is 36.1 Å². The van der Waals surface area contributed by atoms with Gasteiger partial charge in [-0.25, -0.2) is 8.42 Å². The second kappa shape index (κ2) is 5.90. The van der Waals surface area contributed by atoms with Crippen LogP contribution in [0.2, 0.25) is 0 Å². The van der Waals surface area contributed by atoms with E-state index in [2.05, 4.69) is 0 Å². The zero-order valence-corrected chi connectivity index (χ0v) is 12.3. The van der Waals surface area contributed by atoms with Gasteiger partial charge >= 0.3 is 0 Å². The van der Waals surface area contributed by atoms with Gasteiger partial charge in [0.1, 0.15) is 0 Å². The first kappa shape index (κ1) is 15.6. The Morgan fingerprint density at radius 1 is 1.38 bits per heavy atom. The third-order valence-corrected chi connectivity index (χ3v) is 5.31. The molecule has 116 valence electrons. The van der Waals surface area contributed by atoms with Gasteiger partial charge in [-0.1, -0.05) is 0 Å². The van der Waals surface area contributed by atoms with Crippen LogP contribution in [0.5, 0.6) is 0 Å². The lowest BCUT2D eigenvalue weighted by molar-refractivity contribution is 0.0656. The smallest absolute Gasteiger partial charge is 0.256 e. The number of hydrogen-bond donors (Lipinski definition) is 3. The molecule has 21 heavy (non-hydrogen) atoms. The number of aliphatic hydroxyl groups is 1. The number of aliphatic hydroxyl groups excluding tert-OH is 1. The highest BCUT2D eigenvalue weighted by atomic mass is 32.2. The standard InChI is InChI=1S/C13H19N3O4S/c14-9-1-2-11(12(15)7-9)13(18)16(4-5-17)10-3-6-21(19,20)8-10/h1-2,7,10,17H,3-6,8,14-15H2. The first-order chi connectivity index (χ1) is 9.84. The average molecular weight is 313 g/mol. The van der Waals surface area contributed by atoms with Crippen LogP contribution in [0.3, 0.4) is 0 Å². The molecule has 1 atom stereocenters. The molecule has 1 heterocycles. The van der Waals surface area contributed by atoms with E-state index in [0.29, 0.717) is 12.1 Å². The number of hydrogen-bond acceptors (Lipinski definition) is 6. The summed E-state index contributed by atoms with van der Waals surface area (Å²) in [6.45, 7) is -0.167. The predicted octanol–water partition coefficient (Wildman–Crippen LogP) is -0.527. The molecule has 1 unspecified atom stereocenters. The molecule has 1 aliphatic rings. The Labute approximate surface area is 123 Å². The number of benzene rings is 1. The molecule has 2 rings (SSSR count). The Balaban J connectivity index is 2.27. The first-order valence-corrected chi connectivity index (χ1v) is 8.43. The molecule has 1 saturated heterocycles. The van der Waals surface area contributed by atoms with Gasteiger partial charge in [-0.15, -0.1) is 0 Å². The molecule has 1 fully saturated rings. The number of anilines is 2. The van der Waals surface area contributed by atoms with Crippen LogP contribution in [-0.4, -0.2) is 55.0 Å². The second-order valence-electron chi connectivity index (χ2n) is 5.13. The maximum absolute atomic E-state index is 12.6. The molecule has 1 aromatic carbocycles. The van der Waals surface area contributed by atoms with Gasteiger partial charge in [-0.2, -0.15) is 0 Å². The summed E-state index contributed by atoms with van der Waals surface area (Å²) in [7, 11) is -3.12. The summed E-state index contributed by atoms with van der Waals surface area (Å²) in [5.41, 5.74) is 12.3. The van der Waals surface area contributed by atoms with E-state index >= 15 is 0 Å². The summed E-state index contributed by atoms with van der Waals surface area (Å²) >= 11 is 0. The second-order valence-corrected chi connectivity index (χ2v) is 7.35. The van der Waals surface area contributed by atoms with Gasteiger partial charge in [-0.05, 0) is 24.6 Å². The molecule has 1 amide bonds. The molecule has 7 nitrogen and oxygen atoms in total. The van der Waals surface area contributed by atoms with Crippen molar-refractivity contribution in [1.82, 2.24) is 4.90 Å². The average Bonchev–Trinajstić information content (AvgIpc) is 2.75. The summed E-state index contributed by atoms with van der Waals surface area (Å²) < 4.78 is 23.2. The van der Waals surface area contributed by atoms with Crippen molar-refractivity contribution >= 4 is 27.1 Å². The fourth-order valence-corrected chi connectivity index (χ4v) is 4.24. The number of nitrogens with zero attached hydrogens (tertiary/aromatic N) is 1. The van der Waals surface area contributed by atoms with E-state index in [1.807, 2.05) is 0 Å². The zero-order valence-electron chi connectivity index (χ0n) is 11.5. The Morgan fingerprint density at radius 3 is 2.62 bits per heavy atom. The highest BCUT2D eigenvalue weighted by Crippen LogP contribution is 2.23. The number of nitrogen functional groups attached to an aromatic ring is 2. The molecule has 1 aliphatic heterocycles. The van der Waals surface area contributed by atoms with Crippen LogP contribution in [0.1, 0.15) is 16.8 Å². The summed E-state index contributed by atoms with van der Waals surface area (Å²) in [5, 5.41) is 9.14. The molecule has 5 N–H and O–H groups in total. The van der Waals surface area contributed by atoms with Gasteiger partial charge in [0.15, 0.2) is 9.84 Å². The van der Waals surface area contributed by atoms with Crippen LogP contribution in [0.25, 0.3) is 0 Å². The number of nitrogens with two attached hydrogens (primary N) is 2. The largest absolute Gasteiger partial charge is 0.399 e. The molecular formula is C13H19N3O4S. The lowest BCUT2D eigenvalue weighted by Crippen LogP contribution is -2.43. The van der Waals surface area contributed by atoms with Gasteiger partial charge in [0, 0.05) is 24.0 Å². The number of rotatable bonds is 4. The number of sulfone groups is 1. The van der Waals surface area contributed by atoms with Crippen molar-refractivity contribution in [3.63, 3.8) is 0 Å². The third-order valence-electron chi connectivity index (χ3n) is 3.56. The molecule has 1 aromatic rings. The topological polar surface area (TPSA) is 127 Å². The molecule has 0 radical (unpaired) electrons. The lowest BCUT2D eigenvalue weighted by Gasteiger charge is -2.28. The molecular weight excluding hydrogens is 294 g/mol. The normalized spacial score (nSPS) is 20.3. The van der Waals surface area contributed by atoms with E-state index < -0.39 is 15.9 Å². The predicted molar refractivity (Wildman–Crippen MR) is 80.4 cm³/mol. The zero-order chi connectivity index (χ0) is 15.6. The summed E-state index contributed by atoms with van der Waals surface area (Å²) in [4.78, 5) is 13.9. The van der Waals surface area contributed by atoms with Gasteiger partial charge in [0.2, 0.25) is 0 Å². The van der Waals surface area contributed by atoms with E-state index in [0.717, 1.165) is 0 Å². The minimum Gasteiger partial charge on any atom is -0.399 e. The lowest BCUT2D eigenvalue weighted by atomic mass is 10.1. The fourth-order valence-electron chi connectivity index (χ4n) is 2.51. The van der Waals surface area contributed by atoms with Crippen molar-refractivity contribution in [1.29, 1.82) is 0 Å². The molecule has 0 saturated carbocycles. The Morgan fingerprint density at radius 2 is 2.10 bits per heavy atom. The van der Waals surface area contributed by atoms with Crippen LogP contribution in [0, 0.1) is 0 Å². The Hall–Kier alpha value is -1.80. The van der Waals surface area contributed by atoms with Crippen molar-refractivity contribution < 1.29 is 18.3 Å². The number of amides is 1. The van der Waals surface area contributed by atoms with Gasteiger partial charge in [-0.3, -0.25) is 4.79 Å². The van der Waals surface area contributed by atoms with Crippen LogP contribution in [0.4, 0.5) is 11.4 Å². The van der Waals surface area contributed by atoms with E-state index in [-0.39, 0.29) is 41.8 Å². The van der Waals surface area contributed by atoms with Crippen LogP contribution in [-0.2, 0) is 9.84 Å². The summed E-state index contributed by atoms with van der Waals surface area (Å²) in [6.07, 6.45) is 0.378. The van der Waals surface area contributed by atoms with Crippen LogP contribution in [0.15, 0.2) is 18.2 Å². The Bertz CT molecular complexity index is 645. The van der Waals surface area contributed by atoms with E-state index in [4.69, 9.17) is 16.6 Å². The van der Waals surface area contributed by atoms with Crippen molar-refractivity contribution in [2.45, 2.75) is 12.5 Å². The molecule has 0 aromatic heterocycles. The van der Waals surface area contributed by atoms with Crippen LogP contribution >= 0.6 is 0 Å². The van der Waals surface area contributed by atoms with Crippen molar-refractivity contribution in [3.05, 3.63) is 23.8 Å². The SMILES string of the molecule is Nc1ccc(C(=O)N(CCO)C2CCS(=O)(=O)C2)c(N)c1. The van der Waals surface area contributed by atoms with Crippen molar-refractivity contribution in [2.24, 2.45) is 0 Å². The minimum atomic E-state index is -3.12. The first-order valence-electron chi connectivity index (χ1n) is 6.61. The summed E-state index contributed by atoms with van der Waals surface area (Å²) in [6, 6.07) is 4.13. The van der Waals surface area contributed by atoms with Gasteiger partial charge in [0.25, 0.3) is 5.91 Å². The molecule has 0 aliphatic carbocycles. The van der Waals surface area contributed by atoms with E-state index in [1.165, 1.54) is 17.0 Å². The van der Waals surface area contributed by atoms with Gasteiger partial charge in [0.05, 0.1) is 23.7 Å². The maximum Gasteiger partial charge on any atom is 0.256 e. The Kier molecular flexibility index (Phi) is 4.38. The highest BCUT2D eigenvalue weighted by Gasteiger charge is 2.35. The highest BCUT2D eigenvalue weighted by molar-refractivity contribution is 7.91. The van der Waals surface area contributed by atoms with E-state index in [9.17, 15) is 13.2 Å². The monoisotopic (exact) mass is 313 g/mol.